The predicted molar refractivity (Wildman–Crippen MR) is 73.5 cm³/mol. The van der Waals surface area contributed by atoms with Gasteiger partial charge in [-0.3, -0.25) is 0 Å². The number of piperazine rings is 1. The molecule has 0 unspecified atom stereocenters. The summed E-state index contributed by atoms with van der Waals surface area (Å²) < 4.78 is 38.1. The summed E-state index contributed by atoms with van der Waals surface area (Å²) in [5, 5.41) is 0. The molecule has 116 valence electrons. The Labute approximate surface area is 124 Å². The van der Waals surface area contributed by atoms with E-state index in [2.05, 4.69) is 19.9 Å². The molecular weight excluding hydrogens is 297 g/mol. The Kier molecular flexibility index (Phi) is 3.78. The van der Waals surface area contributed by atoms with Gasteiger partial charge in [0.2, 0.25) is 5.95 Å². The van der Waals surface area contributed by atoms with E-state index in [4.69, 9.17) is 0 Å². The number of hydrogen-bond acceptors (Lipinski definition) is 6. The van der Waals surface area contributed by atoms with Crippen LogP contribution in [-0.4, -0.2) is 46.1 Å². The van der Waals surface area contributed by atoms with Crippen molar-refractivity contribution in [3.8, 4) is 0 Å². The number of anilines is 2. The second-order valence-electron chi connectivity index (χ2n) is 4.78. The Morgan fingerprint density at radius 3 is 2.14 bits per heavy atom. The van der Waals surface area contributed by atoms with Gasteiger partial charge < -0.3 is 9.80 Å². The van der Waals surface area contributed by atoms with Gasteiger partial charge in [0.05, 0.1) is 0 Å². The molecule has 0 saturated carbocycles. The number of aromatic nitrogens is 4. The second kappa shape index (κ2) is 5.74. The molecule has 0 radical (unpaired) electrons. The van der Waals surface area contributed by atoms with Crippen molar-refractivity contribution in [2.45, 2.75) is 6.18 Å². The van der Waals surface area contributed by atoms with E-state index < -0.39 is 11.9 Å². The molecule has 0 amide bonds. The van der Waals surface area contributed by atoms with Crippen LogP contribution in [0.5, 0.6) is 0 Å². The standard InChI is InChI=1S/C13H13F3N6/c14-13(15,16)10-8-11(20-9-19-10)21-4-6-22(7-5-21)12-17-2-1-3-18-12/h1-3,8-9H,4-7H2. The summed E-state index contributed by atoms with van der Waals surface area (Å²) in [6, 6.07) is 2.72. The van der Waals surface area contributed by atoms with Crippen molar-refractivity contribution in [3.63, 3.8) is 0 Å². The van der Waals surface area contributed by atoms with Crippen LogP contribution in [0.15, 0.2) is 30.9 Å². The molecular formula is C13H13F3N6. The average molecular weight is 310 g/mol. The highest BCUT2D eigenvalue weighted by atomic mass is 19.4. The topological polar surface area (TPSA) is 58.0 Å². The van der Waals surface area contributed by atoms with Crippen LogP contribution in [0, 0.1) is 0 Å². The zero-order valence-corrected chi connectivity index (χ0v) is 11.5. The van der Waals surface area contributed by atoms with Gasteiger partial charge in [-0.05, 0) is 6.07 Å². The summed E-state index contributed by atoms with van der Waals surface area (Å²) in [4.78, 5) is 19.3. The van der Waals surface area contributed by atoms with Crippen LogP contribution in [-0.2, 0) is 6.18 Å². The SMILES string of the molecule is FC(F)(F)c1cc(N2CCN(c3ncccn3)CC2)ncn1. The van der Waals surface area contributed by atoms with Crippen molar-refractivity contribution >= 4 is 11.8 Å². The number of nitrogens with zero attached hydrogens (tertiary/aromatic N) is 6. The fourth-order valence-corrected chi connectivity index (χ4v) is 2.27. The van der Waals surface area contributed by atoms with E-state index in [0.29, 0.717) is 32.1 Å². The third kappa shape index (κ3) is 3.07. The molecule has 6 nitrogen and oxygen atoms in total. The minimum absolute atomic E-state index is 0.288. The van der Waals surface area contributed by atoms with Gasteiger partial charge in [0.25, 0.3) is 0 Å². The van der Waals surface area contributed by atoms with Gasteiger partial charge in [-0.15, -0.1) is 0 Å². The van der Waals surface area contributed by atoms with Crippen LogP contribution in [0.3, 0.4) is 0 Å². The van der Waals surface area contributed by atoms with E-state index >= 15 is 0 Å². The molecule has 2 aromatic heterocycles. The molecule has 9 heteroatoms. The normalized spacial score (nSPS) is 16.0. The minimum Gasteiger partial charge on any atom is -0.353 e. The van der Waals surface area contributed by atoms with E-state index in [1.807, 2.05) is 4.90 Å². The second-order valence-corrected chi connectivity index (χ2v) is 4.78. The smallest absolute Gasteiger partial charge is 0.353 e. The monoisotopic (exact) mass is 310 g/mol. The summed E-state index contributed by atoms with van der Waals surface area (Å²) >= 11 is 0. The lowest BCUT2D eigenvalue weighted by atomic mass is 10.3. The number of hydrogen-bond donors (Lipinski definition) is 0. The summed E-state index contributed by atoms with van der Waals surface area (Å²) in [6.07, 6.45) is -0.189. The summed E-state index contributed by atoms with van der Waals surface area (Å²) in [7, 11) is 0. The molecule has 1 aliphatic heterocycles. The van der Waals surface area contributed by atoms with Gasteiger partial charge in [-0.2, -0.15) is 13.2 Å². The quantitative estimate of drug-likeness (QED) is 0.840. The van der Waals surface area contributed by atoms with Crippen LogP contribution in [0.2, 0.25) is 0 Å². The lowest BCUT2D eigenvalue weighted by Gasteiger charge is -2.35. The molecule has 0 spiro atoms. The molecule has 0 aliphatic carbocycles. The molecule has 0 aromatic carbocycles. The van der Waals surface area contributed by atoms with Crippen molar-refractivity contribution in [1.82, 2.24) is 19.9 Å². The summed E-state index contributed by atoms with van der Waals surface area (Å²) in [5.41, 5.74) is -0.925. The molecule has 1 fully saturated rings. The first kappa shape index (κ1) is 14.5. The van der Waals surface area contributed by atoms with Crippen LogP contribution < -0.4 is 9.80 Å². The molecule has 1 aliphatic rings. The van der Waals surface area contributed by atoms with Crippen LogP contribution >= 0.6 is 0 Å². The first-order valence-electron chi connectivity index (χ1n) is 6.70. The van der Waals surface area contributed by atoms with E-state index in [0.717, 1.165) is 12.4 Å². The molecule has 3 rings (SSSR count). The molecule has 3 heterocycles. The van der Waals surface area contributed by atoms with Crippen molar-refractivity contribution < 1.29 is 13.2 Å². The molecule has 0 bridgehead atoms. The van der Waals surface area contributed by atoms with Crippen molar-refractivity contribution in [2.24, 2.45) is 0 Å². The Bertz CT molecular complexity index is 625. The van der Waals surface area contributed by atoms with E-state index in [1.165, 1.54) is 0 Å². The number of alkyl halides is 3. The highest BCUT2D eigenvalue weighted by Crippen LogP contribution is 2.29. The van der Waals surface area contributed by atoms with Crippen molar-refractivity contribution in [3.05, 3.63) is 36.5 Å². The van der Waals surface area contributed by atoms with Gasteiger partial charge in [0.15, 0.2) is 0 Å². The third-order valence-corrected chi connectivity index (χ3v) is 3.38. The fourth-order valence-electron chi connectivity index (χ4n) is 2.27. The van der Waals surface area contributed by atoms with E-state index in [9.17, 15) is 13.2 Å². The summed E-state index contributed by atoms with van der Waals surface area (Å²) in [5.74, 6) is 0.914. The fraction of sp³-hybridized carbons (Fsp3) is 0.385. The van der Waals surface area contributed by atoms with Gasteiger partial charge in [0, 0.05) is 44.6 Å². The molecule has 22 heavy (non-hydrogen) atoms. The van der Waals surface area contributed by atoms with Gasteiger partial charge in [-0.1, -0.05) is 0 Å². The van der Waals surface area contributed by atoms with Gasteiger partial charge in [-0.25, -0.2) is 19.9 Å². The molecule has 1 saturated heterocycles. The van der Waals surface area contributed by atoms with Crippen LogP contribution in [0.4, 0.5) is 24.9 Å². The summed E-state index contributed by atoms with van der Waals surface area (Å²) in [6.45, 7) is 2.34. The Balaban J connectivity index is 1.69. The zero-order valence-electron chi connectivity index (χ0n) is 11.5. The Hall–Kier alpha value is -2.45. The van der Waals surface area contributed by atoms with E-state index in [-0.39, 0.29) is 5.82 Å². The van der Waals surface area contributed by atoms with Crippen LogP contribution in [0.25, 0.3) is 0 Å². The lowest BCUT2D eigenvalue weighted by molar-refractivity contribution is -0.141. The third-order valence-electron chi connectivity index (χ3n) is 3.38. The maximum atomic E-state index is 12.7. The highest BCUT2D eigenvalue weighted by molar-refractivity contribution is 5.43. The average Bonchev–Trinajstić information content (AvgIpc) is 2.55. The number of halogens is 3. The minimum atomic E-state index is -4.46. The largest absolute Gasteiger partial charge is 0.433 e. The van der Waals surface area contributed by atoms with Crippen molar-refractivity contribution in [2.75, 3.05) is 36.0 Å². The lowest BCUT2D eigenvalue weighted by Crippen LogP contribution is -2.47. The van der Waals surface area contributed by atoms with E-state index in [1.54, 1.807) is 23.4 Å². The molecule has 0 N–H and O–H groups in total. The maximum absolute atomic E-state index is 12.7. The first-order chi connectivity index (χ1) is 10.5. The van der Waals surface area contributed by atoms with Crippen molar-refractivity contribution in [1.29, 1.82) is 0 Å². The number of rotatable bonds is 2. The predicted octanol–water partition coefficient (Wildman–Crippen LogP) is 1.61. The molecule has 2 aromatic rings. The first-order valence-corrected chi connectivity index (χ1v) is 6.70. The van der Waals surface area contributed by atoms with Crippen LogP contribution in [0.1, 0.15) is 5.69 Å². The zero-order chi connectivity index (χ0) is 15.6. The maximum Gasteiger partial charge on any atom is 0.433 e. The Morgan fingerprint density at radius 1 is 0.864 bits per heavy atom. The van der Waals surface area contributed by atoms with Gasteiger partial charge >= 0.3 is 6.18 Å². The van der Waals surface area contributed by atoms with Gasteiger partial charge in [0.1, 0.15) is 17.8 Å². The Morgan fingerprint density at radius 2 is 1.50 bits per heavy atom. The highest BCUT2D eigenvalue weighted by Gasteiger charge is 2.33. The molecule has 0 atom stereocenters.